The quantitative estimate of drug-likeness (QED) is 0.737. The van der Waals surface area contributed by atoms with Crippen molar-refractivity contribution in [1.29, 1.82) is 0 Å². The minimum absolute atomic E-state index is 0.162. The van der Waals surface area contributed by atoms with Crippen LogP contribution in [0.15, 0.2) is 0 Å². The maximum Gasteiger partial charge on any atom is 0.322 e. The van der Waals surface area contributed by atoms with Gasteiger partial charge in [0, 0.05) is 19.1 Å². The first-order valence-electron chi connectivity index (χ1n) is 6.57. The highest BCUT2D eigenvalue weighted by molar-refractivity contribution is 5.75. The number of carbonyl (C=O) groups excluding carboxylic acids is 1. The predicted octanol–water partition coefficient (Wildman–Crippen LogP) is 1.26. The molecule has 1 heterocycles. The molecule has 0 amide bonds. The second-order valence-electron chi connectivity index (χ2n) is 5.18. The van der Waals surface area contributed by atoms with Crippen molar-refractivity contribution >= 4 is 5.97 Å². The number of nitrogens with one attached hydrogen (secondary N) is 1. The van der Waals surface area contributed by atoms with Crippen molar-refractivity contribution < 1.29 is 9.53 Å². The molecule has 0 saturated carbocycles. The number of nitrogens with zero attached hydrogens (tertiary/aromatic N) is 1. The molecule has 3 unspecified atom stereocenters. The van der Waals surface area contributed by atoms with Gasteiger partial charge < -0.3 is 15.0 Å². The van der Waals surface area contributed by atoms with Crippen LogP contribution in [0.3, 0.4) is 0 Å². The molecule has 0 aromatic heterocycles. The smallest absolute Gasteiger partial charge is 0.322 e. The summed E-state index contributed by atoms with van der Waals surface area (Å²) < 4.78 is 4.77. The van der Waals surface area contributed by atoms with E-state index in [0.717, 1.165) is 25.4 Å². The van der Waals surface area contributed by atoms with Gasteiger partial charge in [0.15, 0.2) is 0 Å². The summed E-state index contributed by atoms with van der Waals surface area (Å²) >= 11 is 0. The van der Waals surface area contributed by atoms with Crippen molar-refractivity contribution in [3.8, 4) is 0 Å². The van der Waals surface area contributed by atoms with Crippen LogP contribution in [0.1, 0.15) is 33.1 Å². The molecule has 1 N–H and O–H groups in total. The summed E-state index contributed by atoms with van der Waals surface area (Å²) in [6, 6.07) is 0.464. The molecule has 3 atom stereocenters. The maximum absolute atomic E-state index is 11.5. The number of carbonyl (C=O) groups is 1. The van der Waals surface area contributed by atoms with E-state index in [2.05, 4.69) is 24.1 Å². The molecule has 1 saturated heterocycles. The summed E-state index contributed by atoms with van der Waals surface area (Å²) in [5, 5.41) is 3.02. The molecule has 1 aliphatic heterocycles. The number of likely N-dealkylation sites (N-methyl/N-ethyl adjacent to an activating group) is 1. The third kappa shape index (κ3) is 4.28. The zero-order chi connectivity index (χ0) is 12.8. The standard InChI is InChI=1S/C13H26N2O2/c1-10-5-6-11(2)15(9-10)8-7-12(14-3)13(16)17-4/h10-12,14H,5-9H2,1-4H3. The minimum atomic E-state index is -0.176. The van der Waals surface area contributed by atoms with E-state index in [1.807, 2.05) is 7.05 Å². The van der Waals surface area contributed by atoms with E-state index >= 15 is 0 Å². The Hall–Kier alpha value is -0.610. The molecular formula is C13H26N2O2. The summed E-state index contributed by atoms with van der Waals surface area (Å²) in [5.74, 6) is 0.613. The lowest BCUT2D eigenvalue weighted by Crippen LogP contribution is -2.44. The normalized spacial score (nSPS) is 27.8. The molecule has 0 bridgehead atoms. The second kappa shape index (κ2) is 6.97. The highest BCUT2D eigenvalue weighted by Crippen LogP contribution is 2.21. The number of ether oxygens (including phenoxy) is 1. The Balaban J connectivity index is 2.39. The van der Waals surface area contributed by atoms with Gasteiger partial charge in [-0.25, -0.2) is 0 Å². The Bertz CT molecular complexity index is 246. The van der Waals surface area contributed by atoms with Crippen molar-refractivity contribution in [3.05, 3.63) is 0 Å². The number of likely N-dealkylation sites (tertiary alicyclic amines) is 1. The van der Waals surface area contributed by atoms with Crippen molar-refractivity contribution in [3.63, 3.8) is 0 Å². The summed E-state index contributed by atoms with van der Waals surface area (Å²) in [6.45, 7) is 6.69. The van der Waals surface area contributed by atoms with Gasteiger partial charge >= 0.3 is 5.97 Å². The Kier molecular flexibility index (Phi) is 5.92. The lowest BCUT2D eigenvalue weighted by atomic mass is 9.94. The van der Waals surface area contributed by atoms with Crippen LogP contribution in [-0.4, -0.2) is 50.2 Å². The number of rotatable bonds is 5. The van der Waals surface area contributed by atoms with E-state index < -0.39 is 0 Å². The first kappa shape index (κ1) is 14.5. The molecule has 1 rings (SSSR count). The average Bonchev–Trinajstić information content (AvgIpc) is 2.33. The van der Waals surface area contributed by atoms with Crippen molar-refractivity contribution in [2.45, 2.75) is 45.2 Å². The molecule has 0 radical (unpaired) electrons. The largest absolute Gasteiger partial charge is 0.468 e. The van der Waals surface area contributed by atoms with E-state index in [4.69, 9.17) is 4.74 Å². The van der Waals surface area contributed by atoms with Gasteiger partial charge in [0.2, 0.25) is 0 Å². The van der Waals surface area contributed by atoms with Gasteiger partial charge in [-0.05, 0) is 39.2 Å². The zero-order valence-corrected chi connectivity index (χ0v) is 11.5. The summed E-state index contributed by atoms with van der Waals surface area (Å²) in [5.41, 5.74) is 0. The van der Waals surface area contributed by atoms with Crippen molar-refractivity contribution in [2.75, 3.05) is 27.2 Å². The van der Waals surface area contributed by atoms with E-state index in [1.54, 1.807) is 0 Å². The predicted molar refractivity (Wildman–Crippen MR) is 68.9 cm³/mol. The monoisotopic (exact) mass is 242 g/mol. The minimum Gasteiger partial charge on any atom is -0.468 e. The van der Waals surface area contributed by atoms with E-state index in [-0.39, 0.29) is 12.0 Å². The van der Waals surface area contributed by atoms with Crippen LogP contribution in [0.2, 0.25) is 0 Å². The molecule has 0 spiro atoms. The van der Waals surface area contributed by atoms with Gasteiger partial charge in [-0.15, -0.1) is 0 Å². The van der Waals surface area contributed by atoms with E-state index in [9.17, 15) is 4.79 Å². The molecule has 17 heavy (non-hydrogen) atoms. The lowest BCUT2D eigenvalue weighted by Gasteiger charge is -2.37. The SMILES string of the molecule is CNC(CCN1CC(C)CCC1C)C(=O)OC. The summed E-state index contributed by atoms with van der Waals surface area (Å²) in [4.78, 5) is 13.9. The Morgan fingerprint density at radius 2 is 2.18 bits per heavy atom. The maximum atomic E-state index is 11.5. The summed E-state index contributed by atoms with van der Waals surface area (Å²) in [6.07, 6.45) is 3.41. The van der Waals surface area contributed by atoms with Gasteiger partial charge in [0.05, 0.1) is 7.11 Å². The molecule has 4 heteroatoms. The second-order valence-corrected chi connectivity index (χ2v) is 5.18. The van der Waals surface area contributed by atoms with Gasteiger partial charge in [0.1, 0.15) is 6.04 Å². The Labute approximate surface area is 105 Å². The number of methoxy groups -OCH3 is 1. The van der Waals surface area contributed by atoms with Crippen molar-refractivity contribution in [1.82, 2.24) is 10.2 Å². The summed E-state index contributed by atoms with van der Waals surface area (Å²) in [7, 11) is 3.25. The lowest BCUT2D eigenvalue weighted by molar-refractivity contribution is -0.143. The first-order valence-corrected chi connectivity index (χ1v) is 6.57. The fourth-order valence-corrected chi connectivity index (χ4v) is 2.51. The Morgan fingerprint density at radius 1 is 1.47 bits per heavy atom. The van der Waals surface area contributed by atoms with E-state index in [0.29, 0.717) is 6.04 Å². The third-order valence-electron chi connectivity index (χ3n) is 3.79. The highest BCUT2D eigenvalue weighted by atomic mass is 16.5. The van der Waals surface area contributed by atoms with Gasteiger partial charge in [-0.2, -0.15) is 0 Å². The van der Waals surface area contributed by atoms with Crippen LogP contribution in [0.4, 0.5) is 0 Å². The topological polar surface area (TPSA) is 41.6 Å². The highest BCUT2D eigenvalue weighted by Gasteiger charge is 2.24. The van der Waals surface area contributed by atoms with Gasteiger partial charge in [-0.1, -0.05) is 6.92 Å². The van der Waals surface area contributed by atoms with Crippen LogP contribution >= 0.6 is 0 Å². The molecule has 4 nitrogen and oxygen atoms in total. The molecular weight excluding hydrogens is 216 g/mol. The number of hydrogen-bond acceptors (Lipinski definition) is 4. The van der Waals surface area contributed by atoms with Crippen LogP contribution < -0.4 is 5.32 Å². The van der Waals surface area contributed by atoms with Crippen LogP contribution in [0, 0.1) is 5.92 Å². The number of esters is 1. The fourth-order valence-electron chi connectivity index (χ4n) is 2.51. The van der Waals surface area contributed by atoms with Gasteiger partial charge in [0.25, 0.3) is 0 Å². The molecule has 1 aliphatic rings. The Morgan fingerprint density at radius 3 is 2.76 bits per heavy atom. The number of piperidine rings is 1. The van der Waals surface area contributed by atoms with Crippen molar-refractivity contribution in [2.24, 2.45) is 5.92 Å². The van der Waals surface area contributed by atoms with E-state index in [1.165, 1.54) is 20.0 Å². The van der Waals surface area contributed by atoms with Crippen LogP contribution in [0.25, 0.3) is 0 Å². The zero-order valence-electron chi connectivity index (χ0n) is 11.5. The average molecular weight is 242 g/mol. The fraction of sp³-hybridized carbons (Fsp3) is 0.923. The molecule has 0 aromatic rings. The van der Waals surface area contributed by atoms with Crippen LogP contribution in [0.5, 0.6) is 0 Å². The van der Waals surface area contributed by atoms with Crippen LogP contribution in [-0.2, 0) is 9.53 Å². The third-order valence-corrected chi connectivity index (χ3v) is 3.79. The molecule has 0 aliphatic carbocycles. The molecule has 1 fully saturated rings. The molecule has 100 valence electrons. The first-order chi connectivity index (χ1) is 8.08. The molecule has 0 aromatic carbocycles. The number of hydrogen-bond donors (Lipinski definition) is 1. The van der Waals surface area contributed by atoms with Gasteiger partial charge in [-0.3, -0.25) is 4.79 Å².